The van der Waals surface area contributed by atoms with Crippen LogP contribution in [0.2, 0.25) is 0 Å². The standard InChI is InChI=1S/C11H5N5O4/c17-8-1-2-9(18)15(8)6-5-7(13-14-12-6)16-10(19)3-4-11(16)20/h1-5H. The summed E-state index contributed by atoms with van der Waals surface area (Å²) in [7, 11) is 0. The Morgan fingerprint density at radius 3 is 1.35 bits per heavy atom. The van der Waals surface area contributed by atoms with Gasteiger partial charge < -0.3 is 0 Å². The first-order valence-corrected chi connectivity index (χ1v) is 5.40. The number of hydrogen-bond donors (Lipinski definition) is 0. The van der Waals surface area contributed by atoms with E-state index in [1.807, 2.05) is 0 Å². The summed E-state index contributed by atoms with van der Waals surface area (Å²) in [5, 5.41) is 10.5. The zero-order chi connectivity index (χ0) is 14.3. The average molecular weight is 271 g/mol. The van der Waals surface area contributed by atoms with E-state index in [0.717, 1.165) is 34.1 Å². The van der Waals surface area contributed by atoms with Crippen LogP contribution in [0.4, 0.5) is 11.6 Å². The van der Waals surface area contributed by atoms with Crippen molar-refractivity contribution >= 4 is 35.3 Å². The molecule has 2 aliphatic heterocycles. The molecular weight excluding hydrogens is 266 g/mol. The van der Waals surface area contributed by atoms with Gasteiger partial charge in [0.15, 0.2) is 11.6 Å². The van der Waals surface area contributed by atoms with E-state index >= 15 is 0 Å². The normalized spacial score (nSPS) is 17.8. The van der Waals surface area contributed by atoms with Crippen molar-refractivity contribution in [2.75, 3.05) is 9.80 Å². The number of carbonyl (C=O) groups excluding carboxylic acids is 4. The number of hydrogen-bond acceptors (Lipinski definition) is 7. The Balaban J connectivity index is 1.99. The number of aromatic nitrogens is 3. The van der Waals surface area contributed by atoms with Crippen LogP contribution in [-0.4, -0.2) is 39.0 Å². The number of anilines is 2. The Morgan fingerprint density at radius 1 is 0.650 bits per heavy atom. The maximum absolute atomic E-state index is 11.5. The summed E-state index contributed by atoms with van der Waals surface area (Å²) >= 11 is 0. The van der Waals surface area contributed by atoms with Crippen molar-refractivity contribution in [2.45, 2.75) is 0 Å². The predicted octanol–water partition coefficient (Wildman–Crippen LogP) is -1.27. The third-order valence-electron chi connectivity index (χ3n) is 2.63. The molecule has 9 heteroatoms. The highest BCUT2D eigenvalue weighted by Gasteiger charge is 2.31. The monoisotopic (exact) mass is 271 g/mol. The van der Waals surface area contributed by atoms with Crippen molar-refractivity contribution in [2.24, 2.45) is 0 Å². The Morgan fingerprint density at radius 2 is 1.00 bits per heavy atom. The molecule has 1 aromatic rings. The summed E-state index contributed by atoms with van der Waals surface area (Å²) in [6, 6.07) is 1.17. The number of rotatable bonds is 2. The Bertz CT molecular complexity index is 630. The lowest BCUT2D eigenvalue weighted by atomic mass is 10.4. The van der Waals surface area contributed by atoms with Crippen LogP contribution >= 0.6 is 0 Å². The van der Waals surface area contributed by atoms with Gasteiger partial charge in [-0.1, -0.05) is 0 Å². The summed E-state index contributed by atoms with van der Waals surface area (Å²) in [4.78, 5) is 47.6. The fraction of sp³-hybridized carbons (Fsp3) is 0. The summed E-state index contributed by atoms with van der Waals surface area (Å²) in [6.45, 7) is 0. The van der Waals surface area contributed by atoms with Crippen molar-refractivity contribution in [3.05, 3.63) is 30.4 Å². The number of nitrogens with zero attached hydrogens (tertiary/aromatic N) is 5. The van der Waals surface area contributed by atoms with Crippen LogP contribution < -0.4 is 9.80 Å². The summed E-state index contributed by atoms with van der Waals surface area (Å²) in [5.74, 6) is -2.56. The molecule has 0 atom stereocenters. The molecule has 0 bridgehead atoms. The lowest BCUT2D eigenvalue weighted by Crippen LogP contribution is -2.33. The van der Waals surface area contributed by atoms with Crippen molar-refractivity contribution in [3.8, 4) is 0 Å². The van der Waals surface area contributed by atoms with Gasteiger partial charge in [0.1, 0.15) is 0 Å². The third kappa shape index (κ3) is 1.68. The van der Waals surface area contributed by atoms with E-state index in [9.17, 15) is 19.2 Å². The molecule has 3 heterocycles. The van der Waals surface area contributed by atoms with Crippen LogP contribution in [0.1, 0.15) is 0 Å². The van der Waals surface area contributed by atoms with Gasteiger partial charge in [-0.05, 0) is 5.21 Å². The second-order valence-corrected chi connectivity index (χ2v) is 3.84. The highest BCUT2D eigenvalue weighted by molar-refractivity contribution is 6.29. The van der Waals surface area contributed by atoms with Gasteiger partial charge in [-0.3, -0.25) is 19.2 Å². The minimum absolute atomic E-state index is 0.109. The highest BCUT2D eigenvalue weighted by atomic mass is 16.2. The first-order chi connectivity index (χ1) is 9.58. The molecular formula is C11H5N5O4. The molecule has 2 aliphatic rings. The molecule has 0 unspecified atom stereocenters. The van der Waals surface area contributed by atoms with Crippen molar-refractivity contribution in [1.82, 2.24) is 15.4 Å². The molecule has 1 aromatic heterocycles. The van der Waals surface area contributed by atoms with Crippen LogP contribution in [0.15, 0.2) is 30.4 Å². The van der Waals surface area contributed by atoms with Gasteiger partial charge in [0.2, 0.25) is 0 Å². The molecule has 20 heavy (non-hydrogen) atoms. The number of carbonyl (C=O) groups is 4. The highest BCUT2D eigenvalue weighted by Crippen LogP contribution is 2.21. The van der Waals surface area contributed by atoms with Gasteiger partial charge in [-0.15, -0.1) is 10.2 Å². The average Bonchev–Trinajstić information content (AvgIpc) is 2.93. The van der Waals surface area contributed by atoms with Gasteiger partial charge in [0.05, 0.1) is 0 Å². The fourth-order valence-corrected chi connectivity index (χ4v) is 1.76. The summed E-state index contributed by atoms with van der Waals surface area (Å²) in [5.41, 5.74) is 0. The minimum Gasteiger partial charge on any atom is -0.269 e. The predicted molar refractivity (Wildman–Crippen MR) is 63.1 cm³/mol. The molecule has 0 saturated heterocycles. The third-order valence-corrected chi connectivity index (χ3v) is 2.63. The van der Waals surface area contributed by atoms with Crippen molar-refractivity contribution in [1.29, 1.82) is 0 Å². The van der Waals surface area contributed by atoms with E-state index in [-0.39, 0.29) is 11.6 Å². The summed E-state index contributed by atoms with van der Waals surface area (Å²) < 4.78 is 0. The largest absolute Gasteiger partial charge is 0.269 e. The molecule has 0 aliphatic carbocycles. The lowest BCUT2D eigenvalue weighted by Gasteiger charge is -2.15. The minimum atomic E-state index is -0.585. The summed E-state index contributed by atoms with van der Waals surface area (Å²) in [6.07, 6.45) is 4.32. The maximum Gasteiger partial charge on any atom is 0.259 e. The molecule has 98 valence electrons. The van der Waals surface area contributed by atoms with Crippen LogP contribution in [0, 0.1) is 0 Å². The van der Waals surface area contributed by atoms with E-state index in [0.29, 0.717) is 0 Å². The SMILES string of the molecule is O=C1C=CC(=O)N1c1cc(N2C(=O)C=CC2=O)nnn1. The lowest BCUT2D eigenvalue weighted by molar-refractivity contribution is -0.121. The van der Waals surface area contributed by atoms with E-state index in [2.05, 4.69) is 15.4 Å². The molecule has 9 nitrogen and oxygen atoms in total. The second-order valence-electron chi connectivity index (χ2n) is 3.84. The van der Waals surface area contributed by atoms with Crippen LogP contribution in [0.5, 0.6) is 0 Å². The van der Waals surface area contributed by atoms with Crippen LogP contribution in [0.3, 0.4) is 0 Å². The second kappa shape index (κ2) is 4.16. The molecule has 0 spiro atoms. The van der Waals surface area contributed by atoms with Gasteiger partial charge in [0.25, 0.3) is 23.6 Å². The quantitative estimate of drug-likeness (QED) is 0.616. The molecule has 0 radical (unpaired) electrons. The maximum atomic E-state index is 11.5. The molecule has 0 aromatic carbocycles. The van der Waals surface area contributed by atoms with Crippen molar-refractivity contribution in [3.63, 3.8) is 0 Å². The number of imide groups is 2. The van der Waals surface area contributed by atoms with Gasteiger partial charge >= 0.3 is 0 Å². The van der Waals surface area contributed by atoms with Crippen LogP contribution in [-0.2, 0) is 19.2 Å². The van der Waals surface area contributed by atoms with E-state index in [1.165, 1.54) is 6.07 Å². The molecule has 0 N–H and O–H groups in total. The molecule has 0 fully saturated rings. The Hall–Kier alpha value is -3.23. The van der Waals surface area contributed by atoms with E-state index < -0.39 is 23.6 Å². The molecule has 4 amide bonds. The van der Waals surface area contributed by atoms with Crippen molar-refractivity contribution < 1.29 is 19.2 Å². The molecule has 3 rings (SSSR count). The fourth-order valence-electron chi connectivity index (χ4n) is 1.76. The van der Waals surface area contributed by atoms with Gasteiger partial charge in [-0.25, -0.2) is 9.80 Å². The molecule has 0 saturated carbocycles. The van der Waals surface area contributed by atoms with E-state index in [4.69, 9.17) is 0 Å². The Kier molecular flexibility index (Phi) is 2.46. The van der Waals surface area contributed by atoms with Gasteiger partial charge in [0, 0.05) is 30.4 Å². The zero-order valence-electron chi connectivity index (χ0n) is 9.76. The zero-order valence-corrected chi connectivity index (χ0v) is 9.76. The topological polar surface area (TPSA) is 113 Å². The van der Waals surface area contributed by atoms with Gasteiger partial charge in [-0.2, -0.15) is 0 Å². The smallest absolute Gasteiger partial charge is 0.259 e. The number of amides is 4. The van der Waals surface area contributed by atoms with E-state index in [1.54, 1.807) is 0 Å². The first-order valence-electron chi connectivity index (χ1n) is 5.40. The first kappa shape index (κ1) is 11.8. The van der Waals surface area contributed by atoms with Crippen LogP contribution in [0.25, 0.3) is 0 Å². The Labute approximate surface area is 111 Å².